The number of nitrogens with zero attached hydrogens (tertiary/aromatic N) is 1. The number of thiazole rings is 1. The molecule has 3 rings (SSSR count). The average molecular weight is 436 g/mol. The minimum Gasteiger partial charge on any atom is -1.00 e. The van der Waals surface area contributed by atoms with Crippen LogP contribution in [0.4, 0.5) is 5.69 Å². The van der Waals surface area contributed by atoms with Gasteiger partial charge in [-0.25, -0.2) is 0 Å². The van der Waals surface area contributed by atoms with Crippen LogP contribution in [0.1, 0.15) is 24.8 Å². The number of nitrogens with two attached hydrogens (primary N) is 1. The van der Waals surface area contributed by atoms with Gasteiger partial charge < -0.3 is 29.7 Å². The van der Waals surface area contributed by atoms with Crippen LogP contribution >= 0.6 is 11.3 Å². The van der Waals surface area contributed by atoms with Crippen molar-refractivity contribution in [2.24, 2.45) is 0 Å². The highest BCUT2D eigenvalue weighted by Gasteiger charge is 2.23. The first-order valence-corrected chi connectivity index (χ1v) is 8.50. The summed E-state index contributed by atoms with van der Waals surface area (Å²) in [6.07, 6.45) is 4.27. The van der Waals surface area contributed by atoms with E-state index in [2.05, 4.69) is 48.4 Å². The van der Waals surface area contributed by atoms with Crippen LogP contribution in [0.15, 0.2) is 49.0 Å². The van der Waals surface area contributed by atoms with Crippen molar-refractivity contribution in [3.05, 3.63) is 54.1 Å². The van der Waals surface area contributed by atoms with Crippen LogP contribution in [-0.2, 0) is 6.54 Å². The van der Waals surface area contributed by atoms with Crippen LogP contribution in [0.5, 0.6) is 0 Å². The Balaban J connectivity index is 0.00000192. The van der Waals surface area contributed by atoms with Gasteiger partial charge in [0.05, 0.1) is 5.56 Å². The molecule has 0 fully saturated rings. The number of aryl methyl sites for hydroxylation is 1. The molecule has 0 aliphatic rings. The molecule has 0 saturated heterocycles. The maximum absolute atomic E-state index is 6.33. The maximum Gasteiger partial charge on any atom is 0.262 e. The number of fused-ring (bicyclic) bond motifs is 1. The molecule has 3 aromatic rings. The van der Waals surface area contributed by atoms with Crippen molar-refractivity contribution in [3.8, 4) is 11.1 Å². The average Bonchev–Trinajstić information content (AvgIpc) is 2.91. The van der Waals surface area contributed by atoms with Crippen LogP contribution in [-0.4, -0.2) is 0 Å². The Morgan fingerprint density at radius 3 is 2.57 bits per heavy atom. The van der Waals surface area contributed by atoms with Gasteiger partial charge in [-0.3, -0.25) is 0 Å². The summed E-state index contributed by atoms with van der Waals surface area (Å²) >= 11 is 1.78. The fraction of sp³-hybridized carbons (Fsp3) is 0.211. The molecule has 1 heterocycles. The summed E-state index contributed by atoms with van der Waals surface area (Å²) < 4.78 is 3.63. The van der Waals surface area contributed by atoms with E-state index in [-0.39, 0.29) is 24.0 Å². The van der Waals surface area contributed by atoms with Gasteiger partial charge in [-0.05, 0) is 17.7 Å². The molecule has 0 atom stereocenters. The van der Waals surface area contributed by atoms with Crippen molar-refractivity contribution < 1.29 is 28.5 Å². The smallest absolute Gasteiger partial charge is 0.262 e. The van der Waals surface area contributed by atoms with E-state index in [4.69, 9.17) is 5.73 Å². The zero-order chi connectivity index (χ0) is 15.5. The lowest BCUT2D eigenvalue weighted by atomic mass is 10.0. The van der Waals surface area contributed by atoms with Gasteiger partial charge >= 0.3 is 0 Å². The third-order valence-electron chi connectivity index (χ3n) is 3.90. The number of aromatic nitrogens is 1. The lowest BCUT2D eigenvalue weighted by molar-refractivity contribution is -0.668. The first kappa shape index (κ1) is 17.9. The fourth-order valence-corrected chi connectivity index (χ4v) is 3.86. The van der Waals surface area contributed by atoms with Gasteiger partial charge in [-0.15, -0.1) is 0 Å². The predicted molar refractivity (Wildman–Crippen MR) is 96.9 cm³/mol. The Bertz CT molecular complexity index is 809. The Labute approximate surface area is 158 Å². The predicted octanol–water partition coefficient (Wildman–Crippen LogP) is 1.89. The highest BCUT2D eigenvalue weighted by atomic mass is 127. The van der Waals surface area contributed by atoms with Crippen LogP contribution in [0.2, 0.25) is 0 Å². The molecule has 0 spiro atoms. The van der Waals surface area contributed by atoms with Gasteiger partial charge in [0.2, 0.25) is 5.52 Å². The van der Waals surface area contributed by atoms with Gasteiger partial charge in [0, 0.05) is 18.2 Å². The van der Waals surface area contributed by atoms with Crippen molar-refractivity contribution in [3.63, 3.8) is 0 Å². The molecule has 2 aromatic carbocycles. The highest BCUT2D eigenvalue weighted by Crippen LogP contribution is 2.35. The number of unbranched alkanes of at least 4 members (excludes halogenated alkanes) is 1. The molecular weight excluding hydrogens is 415 g/mol. The van der Waals surface area contributed by atoms with E-state index < -0.39 is 0 Å². The largest absolute Gasteiger partial charge is 1.00 e. The van der Waals surface area contributed by atoms with E-state index in [1.54, 1.807) is 11.3 Å². The molecule has 120 valence electrons. The molecule has 0 amide bonds. The van der Waals surface area contributed by atoms with E-state index in [1.165, 1.54) is 27.2 Å². The number of benzene rings is 2. The third-order valence-corrected chi connectivity index (χ3v) is 5.04. The second-order valence-electron chi connectivity index (χ2n) is 5.39. The molecule has 0 aliphatic carbocycles. The summed E-state index contributed by atoms with van der Waals surface area (Å²) in [7, 11) is 0. The number of halogens is 1. The zero-order valence-electron chi connectivity index (χ0n) is 13.3. The molecular formula is C19H21IN2S. The fourth-order valence-electron chi connectivity index (χ4n) is 2.81. The van der Waals surface area contributed by atoms with E-state index in [9.17, 15) is 0 Å². The quantitative estimate of drug-likeness (QED) is 0.370. The van der Waals surface area contributed by atoms with Crippen molar-refractivity contribution >= 4 is 33.3 Å². The van der Waals surface area contributed by atoms with E-state index in [0.717, 1.165) is 24.2 Å². The zero-order valence-corrected chi connectivity index (χ0v) is 16.2. The van der Waals surface area contributed by atoms with Crippen molar-refractivity contribution in [1.29, 1.82) is 0 Å². The van der Waals surface area contributed by atoms with Crippen LogP contribution < -0.4 is 34.3 Å². The minimum atomic E-state index is 0. The third kappa shape index (κ3) is 3.43. The Morgan fingerprint density at radius 1 is 1.17 bits per heavy atom. The molecule has 0 unspecified atom stereocenters. The summed E-state index contributed by atoms with van der Waals surface area (Å²) in [5.41, 5.74) is 10.7. The summed E-state index contributed by atoms with van der Waals surface area (Å²) in [4.78, 5) is 0. The molecule has 0 saturated carbocycles. The van der Waals surface area contributed by atoms with Gasteiger partial charge in [-0.2, -0.15) is 4.57 Å². The minimum absolute atomic E-state index is 0. The Kier molecular flexibility index (Phi) is 6.18. The number of rotatable bonds is 5. The molecule has 0 radical (unpaired) electrons. The van der Waals surface area contributed by atoms with Crippen molar-refractivity contribution in [1.82, 2.24) is 0 Å². The van der Waals surface area contributed by atoms with E-state index in [0.29, 0.717) is 0 Å². The highest BCUT2D eigenvalue weighted by molar-refractivity contribution is 7.19. The monoisotopic (exact) mass is 436 g/mol. The van der Waals surface area contributed by atoms with Gasteiger partial charge in [-0.1, -0.05) is 61.6 Å². The number of hydrogen-bond donors (Lipinski definition) is 1. The molecule has 23 heavy (non-hydrogen) atoms. The molecule has 2 nitrogen and oxygen atoms in total. The van der Waals surface area contributed by atoms with Crippen LogP contribution in [0.3, 0.4) is 0 Å². The van der Waals surface area contributed by atoms with Gasteiger partial charge in [0.25, 0.3) is 5.01 Å². The lowest BCUT2D eigenvalue weighted by Crippen LogP contribution is -3.00. The molecule has 0 aliphatic heterocycles. The standard InChI is InChI=1S/C19H21N2S.HI/c1-3-5-13-21-17(4-2)22-16-12-11-15(20)18(19(16)21)14-9-7-6-8-10-14;/h4,6-12H,2-3,5,13,20H2,1H3;1H/q+1;/p-1. The first-order chi connectivity index (χ1) is 10.8. The Hall–Kier alpha value is -1.40. The van der Waals surface area contributed by atoms with Gasteiger partial charge in [0.15, 0.2) is 6.54 Å². The van der Waals surface area contributed by atoms with E-state index >= 15 is 0 Å². The van der Waals surface area contributed by atoms with Crippen molar-refractivity contribution in [2.75, 3.05) is 5.73 Å². The summed E-state index contributed by atoms with van der Waals surface area (Å²) in [5, 5.41) is 1.20. The second kappa shape index (κ2) is 7.93. The normalized spacial score (nSPS) is 10.5. The second-order valence-corrected chi connectivity index (χ2v) is 6.45. The summed E-state index contributed by atoms with van der Waals surface area (Å²) in [5.74, 6) is 0. The van der Waals surface area contributed by atoms with E-state index in [1.807, 2.05) is 18.2 Å². The number of nitrogen functional groups attached to an aromatic ring is 1. The number of anilines is 1. The maximum atomic E-state index is 6.33. The number of hydrogen-bond acceptors (Lipinski definition) is 2. The van der Waals surface area contributed by atoms with Crippen LogP contribution in [0, 0.1) is 0 Å². The summed E-state index contributed by atoms with van der Waals surface area (Å²) in [6.45, 7) is 7.20. The summed E-state index contributed by atoms with van der Waals surface area (Å²) in [6, 6.07) is 14.5. The Morgan fingerprint density at radius 2 is 1.91 bits per heavy atom. The molecule has 4 heteroatoms. The molecule has 2 N–H and O–H groups in total. The SMILES string of the molecule is C=Cc1sc2ccc(N)c(-c3ccccc3)c2[n+]1CCCC.[I-]. The van der Waals surface area contributed by atoms with Gasteiger partial charge in [0.1, 0.15) is 4.70 Å². The van der Waals surface area contributed by atoms with Crippen molar-refractivity contribution in [2.45, 2.75) is 26.3 Å². The molecule has 0 bridgehead atoms. The van der Waals surface area contributed by atoms with Crippen LogP contribution in [0.25, 0.3) is 27.4 Å². The molecule has 1 aromatic heterocycles. The first-order valence-electron chi connectivity index (χ1n) is 7.69. The topological polar surface area (TPSA) is 29.9 Å². The lowest BCUT2D eigenvalue weighted by Gasteiger charge is -2.06.